The molecule has 0 spiro atoms. The lowest BCUT2D eigenvalue weighted by molar-refractivity contribution is -0.119. The van der Waals surface area contributed by atoms with Gasteiger partial charge >= 0.3 is 6.18 Å². The second-order valence-electron chi connectivity index (χ2n) is 5.20. The Morgan fingerprint density at radius 2 is 2.05 bits per heavy atom. The van der Waals surface area contributed by atoms with Crippen LogP contribution in [0.25, 0.3) is 0 Å². The molecule has 3 nitrogen and oxygen atoms in total. The minimum absolute atomic E-state index is 0.112. The molecule has 1 fully saturated rings. The number of halogens is 4. The summed E-state index contributed by atoms with van der Waals surface area (Å²) in [5.74, 6) is 0. The molecule has 0 amide bonds. The van der Waals surface area contributed by atoms with Crippen LogP contribution in [0, 0.1) is 0 Å². The van der Waals surface area contributed by atoms with Crippen molar-refractivity contribution >= 4 is 17.3 Å². The molecule has 21 heavy (non-hydrogen) atoms. The Labute approximate surface area is 126 Å². The number of aliphatic hydroxyl groups is 1. The van der Waals surface area contributed by atoms with Crippen molar-refractivity contribution in [1.82, 2.24) is 5.32 Å². The van der Waals surface area contributed by atoms with Gasteiger partial charge in [0, 0.05) is 19.1 Å². The van der Waals surface area contributed by atoms with Crippen molar-refractivity contribution in [3.63, 3.8) is 0 Å². The lowest BCUT2D eigenvalue weighted by atomic mass is 10.2. The molecule has 0 bridgehead atoms. The first kappa shape index (κ1) is 16.4. The monoisotopic (exact) mass is 322 g/mol. The van der Waals surface area contributed by atoms with Crippen molar-refractivity contribution in [3.8, 4) is 0 Å². The number of anilines is 1. The summed E-state index contributed by atoms with van der Waals surface area (Å²) in [5, 5.41) is 12.5. The first-order chi connectivity index (χ1) is 9.89. The SMILES string of the molecule is OCCN(CC(F)(F)F)c1ccc(CNC2CC2)cc1Cl. The van der Waals surface area contributed by atoms with E-state index in [9.17, 15) is 13.2 Å². The van der Waals surface area contributed by atoms with Gasteiger partial charge in [0.2, 0.25) is 0 Å². The molecule has 0 radical (unpaired) electrons. The molecule has 1 aliphatic rings. The van der Waals surface area contributed by atoms with Crippen LogP contribution in [0.4, 0.5) is 18.9 Å². The summed E-state index contributed by atoms with van der Waals surface area (Å²) >= 11 is 6.10. The highest BCUT2D eigenvalue weighted by atomic mass is 35.5. The summed E-state index contributed by atoms with van der Waals surface area (Å²) in [7, 11) is 0. The largest absolute Gasteiger partial charge is 0.405 e. The number of hydrogen-bond donors (Lipinski definition) is 2. The van der Waals surface area contributed by atoms with E-state index in [1.165, 1.54) is 12.8 Å². The predicted molar refractivity (Wildman–Crippen MR) is 76.7 cm³/mol. The van der Waals surface area contributed by atoms with Crippen molar-refractivity contribution in [1.29, 1.82) is 0 Å². The van der Waals surface area contributed by atoms with Crippen molar-refractivity contribution in [3.05, 3.63) is 28.8 Å². The molecule has 1 saturated carbocycles. The van der Waals surface area contributed by atoms with Crippen molar-refractivity contribution < 1.29 is 18.3 Å². The second kappa shape index (κ2) is 6.85. The normalized spacial score (nSPS) is 15.3. The standard InChI is InChI=1S/C14H18ClF3N2O/c15-12-7-10(8-19-11-2-3-11)1-4-13(12)20(5-6-21)9-14(16,17)18/h1,4,7,11,19,21H,2-3,5-6,8-9H2. The molecule has 0 saturated heterocycles. The topological polar surface area (TPSA) is 35.5 Å². The van der Waals surface area contributed by atoms with E-state index in [-0.39, 0.29) is 18.2 Å². The van der Waals surface area contributed by atoms with E-state index in [4.69, 9.17) is 16.7 Å². The van der Waals surface area contributed by atoms with E-state index in [1.54, 1.807) is 18.2 Å². The zero-order valence-corrected chi connectivity index (χ0v) is 12.2. The molecule has 1 aromatic rings. The van der Waals surface area contributed by atoms with Crippen LogP contribution < -0.4 is 10.2 Å². The Bertz CT molecular complexity index is 478. The Morgan fingerprint density at radius 3 is 2.57 bits per heavy atom. The number of hydrogen-bond acceptors (Lipinski definition) is 3. The van der Waals surface area contributed by atoms with Crippen LogP contribution in [-0.4, -0.2) is 37.0 Å². The van der Waals surface area contributed by atoms with Crippen LogP contribution in [0.2, 0.25) is 5.02 Å². The smallest absolute Gasteiger partial charge is 0.395 e. The number of nitrogens with one attached hydrogen (secondary N) is 1. The lowest BCUT2D eigenvalue weighted by Crippen LogP contribution is -2.36. The fourth-order valence-electron chi connectivity index (χ4n) is 2.09. The fourth-order valence-corrected chi connectivity index (χ4v) is 2.41. The molecule has 7 heteroatoms. The van der Waals surface area contributed by atoms with Crippen molar-refractivity contribution in [2.45, 2.75) is 31.6 Å². The highest BCUT2D eigenvalue weighted by Crippen LogP contribution is 2.30. The maximum absolute atomic E-state index is 12.6. The summed E-state index contributed by atoms with van der Waals surface area (Å²) < 4.78 is 37.7. The van der Waals surface area contributed by atoms with Crippen molar-refractivity contribution in [2.24, 2.45) is 0 Å². The summed E-state index contributed by atoms with van der Waals surface area (Å²) in [4.78, 5) is 1.04. The molecular formula is C14H18ClF3N2O. The molecule has 0 heterocycles. The third-order valence-electron chi connectivity index (χ3n) is 3.27. The Balaban J connectivity index is 2.08. The van der Waals surface area contributed by atoms with Crippen LogP contribution in [-0.2, 0) is 6.54 Å². The molecule has 2 N–H and O–H groups in total. The van der Waals surface area contributed by atoms with Crippen LogP contribution in [0.5, 0.6) is 0 Å². The van der Waals surface area contributed by atoms with Gasteiger partial charge in [0.25, 0.3) is 0 Å². The van der Waals surface area contributed by atoms with Crippen LogP contribution in [0.3, 0.4) is 0 Å². The minimum atomic E-state index is -4.34. The van der Waals surface area contributed by atoms with E-state index < -0.39 is 12.7 Å². The van der Waals surface area contributed by atoms with Gasteiger partial charge in [-0.05, 0) is 30.5 Å². The first-order valence-electron chi connectivity index (χ1n) is 6.83. The Hall–Kier alpha value is -0.980. The van der Waals surface area contributed by atoms with Crippen molar-refractivity contribution in [2.75, 3.05) is 24.6 Å². The van der Waals surface area contributed by atoms with Crippen LogP contribution >= 0.6 is 11.6 Å². The number of aliphatic hydroxyl groups excluding tert-OH is 1. The van der Waals surface area contributed by atoms with Gasteiger partial charge in [-0.25, -0.2) is 0 Å². The summed E-state index contributed by atoms with van der Waals surface area (Å²) in [6.07, 6.45) is -2.01. The molecule has 1 aromatic carbocycles. The van der Waals surface area contributed by atoms with Gasteiger partial charge in [-0.1, -0.05) is 17.7 Å². The third kappa shape index (κ3) is 5.37. The van der Waals surface area contributed by atoms with Gasteiger partial charge in [0.05, 0.1) is 17.3 Å². The second-order valence-corrected chi connectivity index (χ2v) is 5.61. The summed E-state index contributed by atoms with van der Waals surface area (Å²) in [5.41, 5.74) is 1.23. The van der Waals surface area contributed by atoms with Gasteiger partial charge in [-0.3, -0.25) is 0 Å². The van der Waals surface area contributed by atoms with Gasteiger partial charge in [0.1, 0.15) is 6.54 Å². The third-order valence-corrected chi connectivity index (χ3v) is 3.57. The van der Waals surface area contributed by atoms with E-state index in [2.05, 4.69) is 5.32 Å². The van der Waals surface area contributed by atoms with Gasteiger partial charge in [0.15, 0.2) is 0 Å². The first-order valence-corrected chi connectivity index (χ1v) is 7.21. The molecule has 0 aromatic heterocycles. The Kier molecular flexibility index (Phi) is 5.35. The number of alkyl halides is 3. The predicted octanol–water partition coefficient (Wildman–Crippen LogP) is 2.95. The number of nitrogens with zero attached hydrogens (tertiary/aromatic N) is 1. The van der Waals surface area contributed by atoms with E-state index in [1.807, 2.05) is 0 Å². The van der Waals surface area contributed by atoms with Gasteiger partial charge in [-0.2, -0.15) is 13.2 Å². The fraction of sp³-hybridized carbons (Fsp3) is 0.571. The average Bonchev–Trinajstić information content (AvgIpc) is 3.18. The summed E-state index contributed by atoms with van der Waals surface area (Å²) in [6.45, 7) is -0.951. The van der Waals surface area contributed by atoms with E-state index in [0.29, 0.717) is 18.3 Å². The molecule has 0 unspecified atom stereocenters. The maximum atomic E-state index is 12.6. The quantitative estimate of drug-likeness (QED) is 0.810. The average molecular weight is 323 g/mol. The lowest BCUT2D eigenvalue weighted by Gasteiger charge is -2.26. The number of rotatable bonds is 7. The molecule has 118 valence electrons. The minimum Gasteiger partial charge on any atom is -0.395 e. The van der Waals surface area contributed by atoms with E-state index >= 15 is 0 Å². The zero-order chi connectivity index (χ0) is 15.5. The molecule has 1 aliphatic carbocycles. The Morgan fingerprint density at radius 1 is 1.33 bits per heavy atom. The van der Waals surface area contributed by atoms with Crippen LogP contribution in [0.1, 0.15) is 18.4 Å². The highest BCUT2D eigenvalue weighted by molar-refractivity contribution is 6.33. The molecular weight excluding hydrogens is 305 g/mol. The highest BCUT2D eigenvalue weighted by Gasteiger charge is 2.31. The summed E-state index contributed by atoms with van der Waals surface area (Å²) in [6, 6.07) is 5.57. The maximum Gasteiger partial charge on any atom is 0.405 e. The molecule has 0 atom stereocenters. The van der Waals surface area contributed by atoms with Crippen LogP contribution in [0.15, 0.2) is 18.2 Å². The zero-order valence-electron chi connectivity index (χ0n) is 11.5. The van der Waals surface area contributed by atoms with Gasteiger partial charge in [-0.15, -0.1) is 0 Å². The number of benzene rings is 1. The van der Waals surface area contributed by atoms with Gasteiger partial charge < -0.3 is 15.3 Å². The van der Waals surface area contributed by atoms with E-state index in [0.717, 1.165) is 10.5 Å². The molecule has 0 aliphatic heterocycles. The molecule has 2 rings (SSSR count).